The van der Waals surface area contributed by atoms with Crippen LogP contribution in [0.3, 0.4) is 0 Å². The van der Waals surface area contributed by atoms with Gasteiger partial charge in [-0.15, -0.1) is 0 Å². The fourth-order valence-electron chi connectivity index (χ4n) is 3.70. The first-order valence-electron chi connectivity index (χ1n) is 10.8. The monoisotopic (exact) mass is 481 g/mol. The first-order valence-corrected chi connectivity index (χ1v) is 11.6. The Morgan fingerprint density at radius 2 is 1.82 bits per heavy atom. The summed E-state index contributed by atoms with van der Waals surface area (Å²) < 4.78 is 0. The molecule has 0 atom stereocenters. The van der Waals surface area contributed by atoms with Crippen molar-refractivity contribution >= 4 is 40.6 Å². The summed E-state index contributed by atoms with van der Waals surface area (Å²) in [5.74, 6) is -0.502. The van der Waals surface area contributed by atoms with Gasteiger partial charge in [-0.3, -0.25) is 29.4 Å². The maximum atomic E-state index is 12.8. The van der Waals surface area contributed by atoms with Crippen LogP contribution in [0.5, 0.6) is 0 Å². The van der Waals surface area contributed by atoms with Gasteiger partial charge in [-0.2, -0.15) is 0 Å². The number of piperazine rings is 1. The molecule has 4 rings (SSSR count). The quantitative estimate of drug-likeness (QED) is 0.351. The first kappa shape index (κ1) is 23.6. The van der Waals surface area contributed by atoms with E-state index in [0.29, 0.717) is 30.0 Å². The van der Waals surface area contributed by atoms with Crippen molar-refractivity contribution < 1.29 is 19.3 Å². The van der Waals surface area contributed by atoms with Crippen LogP contribution in [0.15, 0.2) is 47.4 Å². The topological polar surface area (TPSA) is 117 Å². The number of non-ortho nitro benzene ring substituents is 1. The van der Waals surface area contributed by atoms with Crippen molar-refractivity contribution in [2.75, 3.05) is 39.8 Å². The van der Waals surface area contributed by atoms with Crippen LogP contribution in [0.4, 0.5) is 10.5 Å². The van der Waals surface area contributed by atoms with Gasteiger partial charge >= 0.3 is 0 Å². The Balaban J connectivity index is 1.42. The zero-order valence-corrected chi connectivity index (χ0v) is 19.4. The maximum absolute atomic E-state index is 12.8. The molecule has 2 aliphatic heterocycles. The molecule has 2 aromatic rings. The van der Waals surface area contributed by atoms with E-state index < -0.39 is 16.1 Å². The molecule has 1 aromatic heterocycles. The molecule has 2 saturated heterocycles. The van der Waals surface area contributed by atoms with Crippen molar-refractivity contribution in [3.05, 3.63) is 63.2 Å². The minimum atomic E-state index is -0.470. The maximum Gasteiger partial charge on any atom is 0.293 e. The molecule has 0 unspecified atom stereocenters. The predicted molar refractivity (Wildman–Crippen MR) is 128 cm³/mol. The van der Waals surface area contributed by atoms with Crippen molar-refractivity contribution in [2.24, 2.45) is 0 Å². The second kappa shape index (κ2) is 10.1. The van der Waals surface area contributed by atoms with E-state index >= 15 is 0 Å². The summed E-state index contributed by atoms with van der Waals surface area (Å²) in [6.07, 6.45) is 1.64. The number of pyridine rings is 1. The highest BCUT2D eigenvalue weighted by Gasteiger charge is 2.35. The number of carbonyl (C=O) groups excluding carboxylic acids is 3. The van der Waals surface area contributed by atoms with Crippen LogP contribution in [0.25, 0.3) is 17.3 Å². The average molecular weight is 482 g/mol. The van der Waals surface area contributed by atoms with Gasteiger partial charge in [0.2, 0.25) is 5.91 Å². The van der Waals surface area contributed by atoms with E-state index in [1.807, 2.05) is 7.05 Å². The highest BCUT2D eigenvalue weighted by molar-refractivity contribution is 8.18. The zero-order chi connectivity index (χ0) is 24.2. The van der Waals surface area contributed by atoms with Gasteiger partial charge in [-0.1, -0.05) is 6.07 Å². The van der Waals surface area contributed by atoms with Crippen LogP contribution in [-0.2, 0) is 9.59 Å². The number of nitro groups is 1. The number of carbonyl (C=O) groups is 3. The van der Waals surface area contributed by atoms with Crippen molar-refractivity contribution in [3.63, 3.8) is 0 Å². The number of hydrogen-bond acceptors (Lipinski definition) is 8. The Morgan fingerprint density at radius 3 is 2.50 bits per heavy atom. The first-order chi connectivity index (χ1) is 16.3. The number of imide groups is 1. The van der Waals surface area contributed by atoms with Crippen LogP contribution in [0.1, 0.15) is 12.1 Å². The second-order valence-corrected chi connectivity index (χ2v) is 9.01. The Bertz CT molecular complexity index is 1160. The smallest absolute Gasteiger partial charge is 0.293 e. The Morgan fingerprint density at radius 1 is 1.12 bits per heavy atom. The summed E-state index contributed by atoms with van der Waals surface area (Å²) in [5.41, 5.74) is 1.74. The number of thioether (sulfide) groups is 1. The Hall–Kier alpha value is -3.57. The van der Waals surface area contributed by atoms with E-state index in [0.717, 1.165) is 29.8 Å². The summed E-state index contributed by atoms with van der Waals surface area (Å²) in [5, 5.41) is 10.4. The van der Waals surface area contributed by atoms with Crippen LogP contribution >= 0.6 is 11.8 Å². The summed E-state index contributed by atoms with van der Waals surface area (Å²) in [7, 11) is 2.00. The van der Waals surface area contributed by atoms with E-state index in [1.54, 1.807) is 41.3 Å². The number of likely N-dealkylation sites (N-methyl/N-ethyl adjacent to an activating group) is 1. The van der Waals surface area contributed by atoms with Gasteiger partial charge in [0.25, 0.3) is 16.8 Å². The number of rotatable bonds is 6. The summed E-state index contributed by atoms with van der Waals surface area (Å²) in [6.45, 7) is 2.95. The number of hydrogen-bond donors (Lipinski definition) is 0. The van der Waals surface area contributed by atoms with E-state index in [9.17, 15) is 24.5 Å². The standard InChI is InChI=1S/C23H23N5O5S/c1-25-11-13-26(14-12-25)21(29)9-10-27-22(30)20(34-23(27)31)15-17-3-2-4-19(24-17)16-5-7-18(8-6-16)28(32)33/h2-8,15H,9-14H2,1H3/b20-15-. The van der Waals surface area contributed by atoms with Gasteiger partial charge in [0.1, 0.15) is 0 Å². The van der Waals surface area contributed by atoms with Crippen molar-refractivity contribution in [2.45, 2.75) is 6.42 Å². The number of nitrogens with zero attached hydrogens (tertiary/aromatic N) is 5. The molecule has 1 aromatic carbocycles. The van der Waals surface area contributed by atoms with Gasteiger partial charge in [0.15, 0.2) is 0 Å². The number of benzene rings is 1. The Kier molecular flexibility index (Phi) is 7.03. The number of aromatic nitrogens is 1. The van der Waals surface area contributed by atoms with Gasteiger partial charge in [0, 0.05) is 56.8 Å². The third kappa shape index (κ3) is 5.32. The van der Waals surface area contributed by atoms with Gasteiger partial charge in [-0.25, -0.2) is 4.98 Å². The third-order valence-corrected chi connectivity index (χ3v) is 6.61. The van der Waals surface area contributed by atoms with E-state index in [-0.39, 0.29) is 29.5 Å². The van der Waals surface area contributed by atoms with Gasteiger partial charge < -0.3 is 9.80 Å². The molecule has 0 radical (unpaired) electrons. The molecule has 10 nitrogen and oxygen atoms in total. The molecule has 2 fully saturated rings. The molecular weight excluding hydrogens is 458 g/mol. The molecule has 0 N–H and O–H groups in total. The van der Waals surface area contributed by atoms with Crippen LogP contribution < -0.4 is 0 Å². The minimum absolute atomic E-state index is 0.0142. The zero-order valence-electron chi connectivity index (χ0n) is 18.5. The molecule has 176 valence electrons. The lowest BCUT2D eigenvalue weighted by Gasteiger charge is -2.32. The highest BCUT2D eigenvalue weighted by Crippen LogP contribution is 2.32. The summed E-state index contributed by atoms with van der Waals surface area (Å²) in [4.78, 5) is 57.8. The molecule has 0 aliphatic carbocycles. The molecule has 3 amide bonds. The van der Waals surface area contributed by atoms with Crippen LogP contribution in [-0.4, -0.2) is 81.4 Å². The molecule has 11 heteroatoms. The van der Waals surface area contributed by atoms with Crippen LogP contribution in [0, 0.1) is 10.1 Å². The normalized spacial score (nSPS) is 18.1. The number of amides is 3. The van der Waals surface area contributed by atoms with Crippen LogP contribution in [0.2, 0.25) is 0 Å². The summed E-state index contributed by atoms with van der Waals surface area (Å²) >= 11 is 0.823. The molecule has 0 spiro atoms. The van der Waals surface area contributed by atoms with Gasteiger partial charge in [-0.05, 0) is 49.2 Å². The highest BCUT2D eigenvalue weighted by atomic mass is 32.2. The molecule has 34 heavy (non-hydrogen) atoms. The molecule has 2 aliphatic rings. The lowest BCUT2D eigenvalue weighted by molar-refractivity contribution is -0.384. The molecule has 0 bridgehead atoms. The largest absolute Gasteiger partial charge is 0.340 e. The lowest BCUT2D eigenvalue weighted by Crippen LogP contribution is -2.47. The molecular formula is C23H23N5O5S. The second-order valence-electron chi connectivity index (χ2n) is 8.02. The van der Waals surface area contributed by atoms with Crippen molar-refractivity contribution in [3.8, 4) is 11.3 Å². The van der Waals surface area contributed by atoms with Crippen molar-refractivity contribution in [1.82, 2.24) is 19.7 Å². The molecule has 3 heterocycles. The van der Waals surface area contributed by atoms with E-state index in [2.05, 4.69) is 9.88 Å². The fraction of sp³-hybridized carbons (Fsp3) is 0.304. The lowest BCUT2D eigenvalue weighted by atomic mass is 10.1. The SMILES string of the molecule is CN1CCN(C(=O)CCN2C(=O)S/C(=C\c3cccc(-c4ccc([N+](=O)[O-])cc4)n3)C2=O)CC1. The third-order valence-electron chi connectivity index (χ3n) is 5.70. The van der Waals surface area contributed by atoms with Crippen molar-refractivity contribution in [1.29, 1.82) is 0 Å². The minimum Gasteiger partial charge on any atom is -0.340 e. The average Bonchev–Trinajstić information content (AvgIpc) is 3.10. The predicted octanol–water partition coefficient (Wildman–Crippen LogP) is 2.86. The number of nitro benzene ring substituents is 1. The Labute approximate surface area is 200 Å². The van der Waals surface area contributed by atoms with E-state index in [4.69, 9.17) is 0 Å². The molecule has 0 saturated carbocycles. The van der Waals surface area contributed by atoms with Gasteiger partial charge in [0.05, 0.1) is 21.2 Å². The summed E-state index contributed by atoms with van der Waals surface area (Å²) in [6, 6.07) is 11.2. The van der Waals surface area contributed by atoms with E-state index in [1.165, 1.54) is 12.1 Å². The fourth-order valence-corrected chi connectivity index (χ4v) is 4.54.